The Hall–Kier alpha value is -0.940. The van der Waals surface area contributed by atoms with Gasteiger partial charge in [0.1, 0.15) is 0 Å². The van der Waals surface area contributed by atoms with Crippen LogP contribution in [-0.4, -0.2) is 35.9 Å². The molecule has 1 aliphatic rings. The Bertz CT molecular complexity index is 321. The molecule has 0 aromatic carbocycles. The van der Waals surface area contributed by atoms with Crippen molar-refractivity contribution in [2.45, 2.75) is 38.6 Å². The smallest absolute Gasteiger partial charge is 0.228 e. The monoisotopic (exact) mass is 225 g/mol. The standard InChI is InChI=1S/C11H19N3O2/c1-3-8(2)11-13-10(16-14-11)6-9-7-15-5-4-12-9/h8-9,12H,3-7H2,1-2H3. The third kappa shape index (κ3) is 2.80. The van der Waals surface area contributed by atoms with Gasteiger partial charge in [-0.3, -0.25) is 0 Å². The maximum absolute atomic E-state index is 5.38. The van der Waals surface area contributed by atoms with E-state index in [1.165, 1.54) is 0 Å². The molecule has 5 heteroatoms. The van der Waals surface area contributed by atoms with Crippen LogP contribution < -0.4 is 5.32 Å². The van der Waals surface area contributed by atoms with Gasteiger partial charge in [-0.25, -0.2) is 0 Å². The molecule has 1 aromatic heterocycles. The molecule has 90 valence electrons. The molecular formula is C11H19N3O2. The van der Waals surface area contributed by atoms with Crippen molar-refractivity contribution in [2.24, 2.45) is 0 Å². The van der Waals surface area contributed by atoms with Gasteiger partial charge in [-0.05, 0) is 6.42 Å². The minimum absolute atomic E-state index is 0.305. The van der Waals surface area contributed by atoms with Gasteiger partial charge in [-0.1, -0.05) is 19.0 Å². The van der Waals surface area contributed by atoms with Crippen molar-refractivity contribution < 1.29 is 9.26 Å². The number of hydrogen-bond acceptors (Lipinski definition) is 5. The number of hydrogen-bond donors (Lipinski definition) is 1. The van der Waals surface area contributed by atoms with Crippen LogP contribution in [-0.2, 0) is 11.2 Å². The van der Waals surface area contributed by atoms with Gasteiger partial charge < -0.3 is 14.6 Å². The Morgan fingerprint density at radius 3 is 3.12 bits per heavy atom. The maximum Gasteiger partial charge on any atom is 0.228 e. The first-order valence-electron chi connectivity index (χ1n) is 5.93. The van der Waals surface area contributed by atoms with E-state index in [9.17, 15) is 0 Å². The van der Waals surface area contributed by atoms with Crippen LogP contribution in [0, 0.1) is 0 Å². The van der Waals surface area contributed by atoms with E-state index in [4.69, 9.17) is 9.26 Å². The SMILES string of the molecule is CCC(C)c1noc(CC2COCCN2)n1. The van der Waals surface area contributed by atoms with Gasteiger partial charge in [0.05, 0.1) is 13.2 Å². The molecule has 1 aromatic rings. The lowest BCUT2D eigenvalue weighted by atomic mass is 10.1. The second kappa shape index (κ2) is 5.41. The largest absolute Gasteiger partial charge is 0.378 e. The molecule has 16 heavy (non-hydrogen) atoms. The zero-order chi connectivity index (χ0) is 11.4. The summed E-state index contributed by atoms with van der Waals surface area (Å²) in [5.74, 6) is 1.89. The van der Waals surface area contributed by atoms with Crippen molar-refractivity contribution in [1.29, 1.82) is 0 Å². The summed E-state index contributed by atoms with van der Waals surface area (Å²) in [6.45, 7) is 6.64. The van der Waals surface area contributed by atoms with Crippen LogP contribution in [0.2, 0.25) is 0 Å². The average Bonchev–Trinajstić information content (AvgIpc) is 2.78. The fourth-order valence-electron chi connectivity index (χ4n) is 1.70. The van der Waals surface area contributed by atoms with Crippen molar-refractivity contribution in [3.63, 3.8) is 0 Å². The van der Waals surface area contributed by atoms with Crippen LogP contribution in [0.1, 0.15) is 37.9 Å². The molecule has 1 aliphatic heterocycles. The summed E-state index contributed by atoms with van der Waals surface area (Å²) in [7, 11) is 0. The van der Waals surface area contributed by atoms with Crippen LogP contribution in [0.4, 0.5) is 0 Å². The normalized spacial score (nSPS) is 23.2. The Kier molecular flexibility index (Phi) is 3.90. The van der Waals surface area contributed by atoms with Crippen LogP contribution in [0.5, 0.6) is 0 Å². The molecule has 1 saturated heterocycles. The van der Waals surface area contributed by atoms with Crippen LogP contribution >= 0.6 is 0 Å². The van der Waals surface area contributed by atoms with E-state index in [1.807, 2.05) is 0 Å². The first kappa shape index (κ1) is 11.5. The number of nitrogens with zero attached hydrogens (tertiary/aromatic N) is 2. The number of aromatic nitrogens is 2. The number of rotatable bonds is 4. The zero-order valence-electron chi connectivity index (χ0n) is 9.90. The summed E-state index contributed by atoms with van der Waals surface area (Å²) in [6, 6.07) is 0.305. The third-order valence-corrected chi connectivity index (χ3v) is 2.96. The average molecular weight is 225 g/mol. The molecule has 0 bridgehead atoms. The first-order valence-corrected chi connectivity index (χ1v) is 5.93. The van der Waals surface area contributed by atoms with Gasteiger partial charge in [0.15, 0.2) is 5.82 Å². The molecule has 5 nitrogen and oxygen atoms in total. The Labute approximate surface area is 95.6 Å². The van der Waals surface area contributed by atoms with Crippen LogP contribution in [0.15, 0.2) is 4.52 Å². The molecular weight excluding hydrogens is 206 g/mol. The molecule has 0 radical (unpaired) electrons. The van der Waals surface area contributed by atoms with Crippen LogP contribution in [0.3, 0.4) is 0 Å². The Balaban J connectivity index is 1.91. The quantitative estimate of drug-likeness (QED) is 0.832. The summed E-state index contributed by atoms with van der Waals surface area (Å²) >= 11 is 0. The van der Waals surface area contributed by atoms with Crippen molar-refractivity contribution in [1.82, 2.24) is 15.5 Å². The highest BCUT2D eigenvalue weighted by atomic mass is 16.5. The van der Waals surface area contributed by atoms with E-state index in [0.717, 1.165) is 38.4 Å². The highest BCUT2D eigenvalue weighted by molar-refractivity contribution is 4.95. The van der Waals surface area contributed by atoms with Gasteiger partial charge in [0.25, 0.3) is 0 Å². The number of morpholine rings is 1. The van der Waals surface area contributed by atoms with E-state index in [0.29, 0.717) is 17.9 Å². The van der Waals surface area contributed by atoms with Gasteiger partial charge in [0.2, 0.25) is 5.89 Å². The zero-order valence-corrected chi connectivity index (χ0v) is 9.90. The Morgan fingerprint density at radius 1 is 1.56 bits per heavy atom. The van der Waals surface area contributed by atoms with E-state index < -0.39 is 0 Å². The number of ether oxygens (including phenoxy) is 1. The lowest BCUT2D eigenvalue weighted by Gasteiger charge is -2.22. The highest BCUT2D eigenvalue weighted by Gasteiger charge is 2.18. The van der Waals surface area contributed by atoms with Gasteiger partial charge in [-0.2, -0.15) is 4.98 Å². The molecule has 2 unspecified atom stereocenters. The molecule has 0 aliphatic carbocycles. The molecule has 2 heterocycles. The minimum Gasteiger partial charge on any atom is -0.378 e. The predicted octanol–water partition coefficient (Wildman–Crippen LogP) is 1.11. The molecule has 0 saturated carbocycles. The van der Waals surface area contributed by atoms with E-state index >= 15 is 0 Å². The van der Waals surface area contributed by atoms with Crippen molar-refractivity contribution in [3.8, 4) is 0 Å². The topological polar surface area (TPSA) is 60.2 Å². The predicted molar refractivity (Wildman–Crippen MR) is 59.3 cm³/mol. The van der Waals surface area contributed by atoms with E-state index in [-0.39, 0.29) is 0 Å². The lowest BCUT2D eigenvalue weighted by Crippen LogP contribution is -2.42. The second-order valence-electron chi connectivity index (χ2n) is 4.29. The lowest BCUT2D eigenvalue weighted by molar-refractivity contribution is 0.0744. The second-order valence-corrected chi connectivity index (χ2v) is 4.29. The van der Waals surface area contributed by atoms with E-state index in [1.54, 1.807) is 0 Å². The highest BCUT2D eigenvalue weighted by Crippen LogP contribution is 2.15. The molecule has 0 amide bonds. The maximum atomic E-state index is 5.38. The van der Waals surface area contributed by atoms with E-state index in [2.05, 4.69) is 29.3 Å². The molecule has 1 N–H and O–H groups in total. The summed E-state index contributed by atoms with van der Waals surface area (Å²) in [4.78, 5) is 4.40. The van der Waals surface area contributed by atoms with Crippen molar-refractivity contribution in [2.75, 3.05) is 19.8 Å². The molecule has 1 fully saturated rings. The van der Waals surface area contributed by atoms with Gasteiger partial charge in [0, 0.05) is 24.9 Å². The summed E-state index contributed by atoms with van der Waals surface area (Å²) < 4.78 is 10.6. The van der Waals surface area contributed by atoms with Gasteiger partial charge in [-0.15, -0.1) is 0 Å². The Morgan fingerprint density at radius 2 is 2.44 bits per heavy atom. The molecule has 0 spiro atoms. The fourth-order valence-corrected chi connectivity index (χ4v) is 1.70. The van der Waals surface area contributed by atoms with Gasteiger partial charge >= 0.3 is 0 Å². The molecule has 2 rings (SSSR count). The summed E-state index contributed by atoms with van der Waals surface area (Å²) in [5.41, 5.74) is 0. The minimum atomic E-state index is 0.305. The third-order valence-electron chi connectivity index (χ3n) is 2.96. The van der Waals surface area contributed by atoms with Crippen molar-refractivity contribution in [3.05, 3.63) is 11.7 Å². The fraction of sp³-hybridized carbons (Fsp3) is 0.818. The first-order chi connectivity index (χ1) is 7.79. The number of nitrogens with one attached hydrogen (secondary N) is 1. The van der Waals surface area contributed by atoms with Crippen molar-refractivity contribution >= 4 is 0 Å². The summed E-state index contributed by atoms with van der Waals surface area (Å²) in [5, 5.41) is 7.36. The van der Waals surface area contributed by atoms with Crippen LogP contribution in [0.25, 0.3) is 0 Å². The summed E-state index contributed by atoms with van der Waals surface area (Å²) in [6.07, 6.45) is 1.78. The molecule has 2 atom stereocenters.